The predicted octanol–water partition coefficient (Wildman–Crippen LogP) is 1.61. The summed E-state index contributed by atoms with van der Waals surface area (Å²) in [5.41, 5.74) is -0.939. The van der Waals surface area contributed by atoms with Crippen LogP contribution in [0, 0.1) is 11.3 Å². The number of halogens is 2. The SMILES string of the molecule is COC(=O)Cc1nc(C(F)F)c(C#N)cc1OC. The smallest absolute Gasteiger partial charge is 0.311 e. The first-order chi connectivity index (χ1) is 8.53. The van der Waals surface area contributed by atoms with Crippen molar-refractivity contribution in [3.63, 3.8) is 0 Å². The first-order valence-corrected chi connectivity index (χ1v) is 4.86. The Bertz CT molecular complexity index is 498. The van der Waals surface area contributed by atoms with E-state index in [4.69, 9.17) is 10.00 Å². The summed E-state index contributed by atoms with van der Waals surface area (Å²) in [7, 11) is 2.47. The molecule has 1 aromatic rings. The molecule has 0 aliphatic heterocycles. The van der Waals surface area contributed by atoms with Crippen molar-refractivity contribution in [3.8, 4) is 11.8 Å². The van der Waals surface area contributed by atoms with Gasteiger partial charge >= 0.3 is 5.97 Å². The fraction of sp³-hybridized carbons (Fsp3) is 0.364. The monoisotopic (exact) mass is 256 g/mol. The first kappa shape index (κ1) is 13.8. The van der Waals surface area contributed by atoms with E-state index in [1.54, 1.807) is 6.07 Å². The second-order valence-electron chi connectivity index (χ2n) is 3.24. The van der Waals surface area contributed by atoms with Gasteiger partial charge in [-0.3, -0.25) is 4.79 Å². The van der Waals surface area contributed by atoms with Gasteiger partial charge in [0.25, 0.3) is 6.43 Å². The van der Waals surface area contributed by atoms with Gasteiger partial charge in [-0.15, -0.1) is 0 Å². The number of hydrogen-bond acceptors (Lipinski definition) is 5. The van der Waals surface area contributed by atoms with Crippen LogP contribution in [0.2, 0.25) is 0 Å². The number of ether oxygens (including phenoxy) is 2. The molecule has 0 aromatic carbocycles. The number of hydrogen-bond donors (Lipinski definition) is 0. The van der Waals surface area contributed by atoms with Crippen molar-refractivity contribution in [2.45, 2.75) is 12.8 Å². The van der Waals surface area contributed by atoms with Crippen LogP contribution in [0.15, 0.2) is 6.07 Å². The number of nitriles is 1. The molecule has 18 heavy (non-hydrogen) atoms. The largest absolute Gasteiger partial charge is 0.495 e. The summed E-state index contributed by atoms with van der Waals surface area (Å²) >= 11 is 0. The Morgan fingerprint density at radius 1 is 1.56 bits per heavy atom. The highest BCUT2D eigenvalue weighted by molar-refractivity contribution is 5.72. The van der Waals surface area contributed by atoms with Crippen LogP contribution in [0.3, 0.4) is 0 Å². The Morgan fingerprint density at radius 2 is 2.22 bits per heavy atom. The summed E-state index contributed by atoms with van der Waals surface area (Å²) in [5, 5.41) is 8.74. The molecule has 7 heteroatoms. The summed E-state index contributed by atoms with van der Waals surface area (Å²) in [4.78, 5) is 14.7. The molecule has 5 nitrogen and oxygen atoms in total. The van der Waals surface area contributed by atoms with Crippen LogP contribution < -0.4 is 4.74 Å². The number of aromatic nitrogens is 1. The van der Waals surface area contributed by atoms with Crippen molar-refractivity contribution in [2.75, 3.05) is 14.2 Å². The highest BCUT2D eigenvalue weighted by atomic mass is 19.3. The Labute approximate surface area is 102 Å². The quantitative estimate of drug-likeness (QED) is 0.765. The number of methoxy groups -OCH3 is 2. The summed E-state index contributed by atoms with van der Waals surface area (Å²) in [6.45, 7) is 0. The minimum Gasteiger partial charge on any atom is -0.495 e. The lowest BCUT2D eigenvalue weighted by atomic mass is 10.1. The van der Waals surface area contributed by atoms with E-state index in [1.807, 2.05) is 0 Å². The number of carbonyl (C=O) groups excluding carboxylic acids is 1. The van der Waals surface area contributed by atoms with Crippen LogP contribution in [-0.4, -0.2) is 25.2 Å². The molecule has 0 atom stereocenters. The highest BCUT2D eigenvalue weighted by Gasteiger charge is 2.20. The van der Waals surface area contributed by atoms with E-state index < -0.39 is 18.1 Å². The average molecular weight is 256 g/mol. The van der Waals surface area contributed by atoms with Crippen molar-refractivity contribution in [2.24, 2.45) is 0 Å². The molecule has 0 spiro atoms. The summed E-state index contributed by atoms with van der Waals surface area (Å²) < 4.78 is 34.7. The lowest BCUT2D eigenvalue weighted by Gasteiger charge is -2.10. The van der Waals surface area contributed by atoms with Crippen molar-refractivity contribution < 1.29 is 23.0 Å². The van der Waals surface area contributed by atoms with E-state index in [0.29, 0.717) is 0 Å². The normalized spacial score (nSPS) is 10.0. The molecule has 0 N–H and O–H groups in total. The maximum Gasteiger partial charge on any atom is 0.311 e. The van der Waals surface area contributed by atoms with Crippen LogP contribution in [-0.2, 0) is 16.0 Å². The zero-order valence-electron chi connectivity index (χ0n) is 9.74. The first-order valence-electron chi connectivity index (χ1n) is 4.86. The standard InChI is InChI=1S/C11H10F2N2O3/c1-17-8-3-6(5-14)10(11(12)13)15-7(8)4-9(16)18-2/h3,11H,4H2,1-2H3. The maximum atomic E-state index is 12.7. The van der Waals surface area contributed by atoms with Crippen LogP contribution in [0.5, 0.6) is 5.75 Å². The lowest BCUT2D eigenvalue weighted by Crippen LogP contribution is -2.10. The third-order valence-electron chi connectivity index (χ3n) is 2.18. The molecule has 0 saturated carbocycles. The molecule has 1 rings (SSSR count). The van der Waals surface area contributed by atoms with Gasteiger partial charge in [-0.25, -0.2) is 13.8 Å². The molecule has 0 aliphatic carbocycles. The average Bonchev–Trinajstić information content (AvgIpc) is 2.37. The molecule has 0 saturated heterocycles. The van der Waals surface area contributed by atoms with E-state index in [2.05, 4.69) is 9.72 Å². The van der Waals surface area contributed by atoms with Gasteiger partial charge in [-0.1, -0.05) is 0 Å². The topological polar surface area (TPSA) is 72.2 Å². The molecule has 0 amide bonds. The van der Waals surface area contributed by atoms with Gasteiger partial charge in [0.2, 0.25) is 0 Å². The Morgan fingerprint density at radius 3 is 2.67 bits per heavy atom. The van der Waals surface area contributed by atoms with E-state index >= 15 is 0 Å². The second-order valence-corrected chi connectivity index (χ2v) is 3.24. The number of rotatable bonds is 4. The third kappa shape index (κ3) is 2.91. The van der Waals surface area contributed by atoms with Gasteiger partial charge in [-0.05, 0) is 0 Å². The lowest BCUT2D eigenvalue weighted by molar-refractivity contribution is -0.139. The van der Waals surface area contributed by atoms with Gasteiger partial charge in [0, 0.05) is 6.07 Å². The van der Waals surface area contributed by atoms with Crippen molar-refractivity contribution in [1.29, 1.82) is 5.26 Å². The van der Waals surface area contributed by atoms with E-state index in [9.17, 15) is 13.6 Å². The zero-order chi connectivity index (χ0) is 13.7. The second kappa shape index (κ2) is 5.91. The molecule has 1 aromatic heterocycles. The highest BCUT2D eigenvalue weighted by Crippen LogP contribution is 2.27. The molecule has 0 bridgehead atoms. The molecule has 0 aliphatic rings. The van der Waals surface area contributed by atoms with Crippen LogP contribution in [0.1, 0.15) is 23.4 Å². The van der Waals surface area contributed by atoms with Gasteiger partial charge < -0.3 is 9.47 Å². The number of pyridine rings is 1. The van der Waals surface area contributed by atoms with E-state index in [-0.39, 0.29) is 23.4 Å². The van der Waals surface area contributed by atoms with Crippen molar-refractivity contribution in [1.82, 2.24) is 4.98 Å². The molecule has 1 heterocycles. The van der Waals surface area contributed by atoms with Gasteiger partial charge in [0.15, 0.2) is 0 Å². The number of alkyl halides is 2. The summed E-state index contributed by atoms with van der Waals surface area (Å²) in [6, 6.07) is 2.74. The predicted molar refractivity (Wildman–Crippen MR) is 56.2 cm³/mol. The van der Waals surface area contributed by atoms with E-state index in [0.717, 1.165) is 6.07 Å². The van der Waals surface area contributed by atoms with Crippen LogP contribution >= 0.6 is 0 Å². The fourth-order valence-electron chi connectivity index (χ4n) is 1.32. The Hall–Kier alpha value is -2.23. The molecular formula is C11H10F2N2O3. The maximum absolute atomic E-state index is 12.7. The molecular weight excluding hydrogens is 246 g/mol. The van der Waals surface area contributed by atoms with Gasteiger partial charge in [0.05, 0.1) is 31.9 Å². The third-order valence-corrected chi connectivity index (χ3v) is 2.18. The Kier molecular flexibility index (Phi) is 4.54. The Balaban J connectivity index is 3.28. The summed E-state index contributed by atoms with van der Waals surface area (Å²) in [5.74, 6) is -0.535. The summed E-state index contributed by atoms with van der Waals surface area (Å²) in [6.07, 6.45) is -3.20. The van der Waals surface area contributed by atoms with Crippen LogP contribution in [0.4, 0.5) is 8.78 Å². The van der Waals surface area contributed by atoms with E-state index in [1.165, 1.54) is 14.2 Å². The number of nitrogens with zero attached hydrogens (tertiary/aromatic N) is 2. The molecule has 0 radical (unpaired) electrons. The number of carbonyl (C=O) groups is 1. The van der Waals surface area contributed by atoms with Gasteiger partial charge in [0.1, 0.15) is 17.5 Å². The molecule has 0 unspecified atom stereocenters. The number of esters is 1. The molecule has 0 fully saturated rings. The minimum atomic E-state index is -2.90. The minimum absolute atomic E-state index is 0.0126. The fourth-order valence-corrected chi connectivity index (χ4v) is 1.32. The van der Waals surface area contributed by atoms with Crippen molar-refractivity contribution >= 4 is 5.97 Å². The van der Waals surface area contributed by atoms with Gasteiger partial charge in [-0.2, -0.15) is 5.26 Å². The van der Waals surface area contributed by atoms with Crippen LogP contribution in [0.25, 0.3) is 0 Å². The molecule has 96 valence electrons. The van der Waals surface area contributed by atoms with Crippen molar-refractivity contribution in [3.05, 3.63) is 23.0 Å². The zero-order valence-corrected chi connectivity index (χ0v) is 9.74.